The predicted octanol–water partition coefficient (Wildman–Crippen LogP) is 5.43. The van der Waals surface area contributed by atoms with Crippen LogP contribution in [0.5, 0.6) is 23.0 Å². The number of esters is 1. The normalized spacial score (nSPS) is 27.1. The number of methoxy groups -OCH3 is 1. The Morgan fingerprint density at radius 1 is 1.00 bits per heavy atom. The molecule has 2 saturated carbocycles. The number of halogens is 2. The summed E-state index contributed by atoms with van der Waals surface area (Å²) in [5, 5.41) is 3.26. The molecule has 2 aromatic carbocycles. The van der Waals surface area contributed by atoms with Crippen LogP contribution in [0.25, 0.3) is 0 Å². The Morgan fingerprint density at radius 2 is 1.75 bits per heavy atom. The minimum absolute atomic E-state index is 0.0437. The zero-order valence-corrected chi connectivity index (χ0v) is 22.5. The van der Waals surface area contributed by atoms with Gasteiger partial charge >= 0.3 is 12.3 Å². The molecule has 0 radical (unpaired) electrons. The van der Waals surface area contributed by atoms with Gasteiger partial charge in [-0.1, -0.05) is 6.07 Å². The van der Waals surface area contributed by atoms with Crippen molar-refractivity contribution in [3.8, 4) is 23.0 Å². The number of nitrogens with one attached hydrogen (secondary N) is 1. The van der Waals surface area contributed by atoms with Crippen molar-refractivity contribution in [1.29, 1.82) is 0 Å². The molecule has 2 atom stereocenters. The van der Waals surface area contributed by atoms with Gasteiger partial charge in [-0.2, -0.15) is 0 Å². The number of fused-ring (bicyclic) bond motifs is 2. The van der Waals surface area contributed by atoms with Crippen molar-refractivity contribution in [3.63, 3.8) is 0 Å². The first-order valence-electron chi connectivity index (χ1n) is 13.9. The molecule has 2 fully saturated rings. The quantitative estimate of drug-likeness (QED) is 0.454. The molecule has 214 valence electrons. The van der Waals surface area contributed by atoms with Crippen molar-refractivity contribution >= 4 is 11.9 Å². The van der Waals surface area contributed by atoms with Crippen LogP contribution in [0.3, 0.4) is 0 Å². The molecule has 0 saturated heterocycles. The Labute approximate surface area is 231 Å². The van der Waals surface area contributed by atoms with E-state index in [-0.39, 0.29) is 47.4 Å². The number of alkyl halides is 2. The smallest absolute Gasteiger partial charge is 0.497 e. The number of hydrogen-bond donors (Lipinski definition) is 1. The molecule has 2 heterocycles. The highest BCUT2D eigenvalue weighted by Gasteiger charge is 2.53. The van der Waals surface area contributed by atoms with E-state index >= 15 is 0 Å². The summed E-state index contributed by atoms with van der Waals surface area (Å²) in [6.07, 6.45) is 1.11. The molecule has 8 nitrogen and oxygen atoms in total. The zero-order valence-electron chi connectivity index (χ0n) is 22.5. The first kappa shape index (κ1) is 26.7. The van der Waals surface area contributed by atoms with E-state index in [2.05, 4.69) is 14.8 Å². The lowest BCUT2D eigenvalue weighted by Crippen LogP contribution is -2.43. The van der Waals surface area contributed by atoms with E-state index in [0.717, 1.165) is 31.2 Å². The van der Waals surface area contributed by atoms with Gasteiger partial charge in [0.1, 0.15) is 17.6 Å². The van der Waals surface area contributed by atoms with Crippen LogP contribution in [-0.2, 0) is 19.7 Å². The van der Waals surface area contributed by atoms with Crippen molar-refractivity contribution in [1.82, 2.24) is 5.32 Å². The molecule has 6 rings (SSSR count). The van der Waals surface area contributed by atoms with Gasteiger partial charge in [0, 0.05) is 18.1 Å². The molecular weight excluding hydrogens is 524 g/mol. The summed E-state index contributed by atoms with van der Waals surface area (Å²) >= 11 is 0. The van der Waals surface area contributed by atoms with E-state index in [0.29, 0.717) is 42.9 Å². The summed E-state index contributed by atoms with van der Waals surface area (Å²) in [4.78, 5) is 26.0. The summed E-state index contributed by atoms with van der Waals surface area (Å²) in [5.41, 5.74) is 0.682. The van der Waals surface area contributed by atoms with E-state index in [1.54, 1.807) is 13.2 Å². The lowest BCUT2D eigenvalue weighted by atomic mass is 9.76. The standard InChI is InChI=1S/C30H33F2NO7/c1-3-37-27(34)18-6-4-17(5-7-18)24-16-22(21-10-9-20(36-2)15-25(21)38-24)33-28(35)29(12-13-29)19-8-11-23-26(14-19)40-30(31,32)39-23/h8-11,14-15,17-18,22,24H,3-7,12-13,16H2,1-2H3,(H,33,35)/t17-,18+,22-,24-/m1/s1. The fraction of sp³-hybridized carbons (Fsp3) is 0.533. The molecule has 0 spiro atoms. The maximum absolute atomic E-state index is 13.8. The van der Waals surface area contributed by atoms with Crippen molar-refractivity contribution in [2.24, 2.45) is 11.8 Å². The van der Waals surface area contributed by atoms with Gasteiger partial charge in [0.2, 0.25) is 5.91 Å². The van der Waals surface area contributed by atoms with Gasteiger partial charge in [0.15, 0.2) is 11.5 Å². The van der Waals surface area contributed by atoms with Gasteiger partial charge in [-0.3, -0.25) is 9.59 Å². The van der Waals surface area contributed by atoms with Crippen molar-refractivity contribution in [2.75, 3.05) is 13.7 Å². The third-order valence-electron chi connectivity index (χ3n) is 8.70. The Bertz CT molecular complexity index is 1300. The Balaban J connectivity index is 1.20. The van der Waals surface area contributed by atoms with Crippen LogP contribution < -0.4 is 24.3 Å². The number of carbonyl (C=O) groups is 2. The first-order valence-corrected chi connectivity index (χ1v) is 13.9. The number of carbonyl (C=O) groups excluding carboxylic acids is 2. The molecule has 40 heavy (non-hydrogen) atoms. The van der Waals surface area contributed by atoms with Crippen LogP contribution in [0.15, 0.2) is 36.4 Å². The van der Waals surface area contributed by atoms with Crippen molar-refractivity contribution in [3.05, 3.63) is 47.5 Å². The number of ether oxygens (including phenoxy) is 5. The second-order valence-electron chi connectivity index (χ2n) is 11.1. The van der Waals surface area contributed by atoms with E-state index in [9.17, 15) is 18.4 Å². The van der Waals surface area contributed by atoms with Gasteiger partial charge in [-0.15, -0.1) is 8.78 Å². The lowest BCUT2D eigenvalue weighted by Gasteiger charge is -2.39. The SMILES string of the molecule is CCOC(=O)[C@H]1CC[C@@H]([C@H]2C[C@@H](NC(=O)C3(c4ccc5c(c4)OC(F)(F)O5)CC3)c3ccc(OC)cc3O2)CC1. The predicted molar refractivity (Wildman–Crippen MR) is 139 cm³/mol. The highest BCUT2D eigenvalue weighted by molar-refractivity contribution is 5.92. The summed E-state index contributed by atoms with van der Waals surface area (Å²) in [6, 6.07) is 9.87. The van der Waals surface area contributed by atoms with E-state index < -0.39 is 11.7 Å². The maximum atomic E-state index is 13.8. The third kappa shape index (κ3) is 4.92. The zero-order chi connectivity index (χ0) is 28.1. The second kappa shape index (κ2) is 10.1. The van der Waals surface area contributed by atoms with E-state index in [1.807, 2.05) is 25.1 Å². The molecule has 2 aliphatic heterocycles. The van der Waals surface area contributed by atoms with Gasteiger partial charge in [0.05, 0.1) is 31.1 Å². The highest BCUT2D eigenvalue weighted by atomic mass is 19.3. The van der Waals surface area contributed by atoms with Crippen molar-refractivity contribution in [2.45, 2.75) is 75.7 Å². The number of amides is 1. The van der Waals surface area contributed by atoms with Crippen LogP contribution in [0.4, 0.5) is 8.78 Å². The topological polar surface area (TPSA) is 92.3 Å². The van der Waals surface area contributed by atoms with Crippen LogP contribution >= 0.6 is 0 Å². The van der Waals surface area contributed by atoms with E-state index in [4.69, 9.17) is 14.2 Å². The van der Waals surface area contributed by atoms with Crippen LogP contribution in [-0.4, -0.2) is 38.0 Å². The lowest BCUT2D eigenvalue weighted by molar-refractivity contribution is -0.286. The maximum Gasteiger partial charge on any atom is 0.586 e. The molecule has 2 aromatic rings. The first-order chi connectivity index (χ1) is 19.2. The second-order valence-corrected chi connectivity index (χ2v) is 11.1. The molecule has 2 aliphatic carbocycles. The molecule has 0 bridgehead atoms. The minimum atomic E-state index is -3.71. The van der Waals surface area contributed by atoms with Gasteiger partial charge < -0.3 is 29.0 Å². The molecule has 0 aromatic heterocycles. The van der Waals surface area contributed by atoms with Crippen LogP contribution in [0, 0.1) is 11.8 Å². The van der Waals surface area contributed by atoms with Gasteiger partial charge in [-0.05, 0) is 81.2 Å². The number of hydrogen-bond acceptors (Lipinski definition) is 7. The Morgan fingerprint density at radius 3 is 2.45 bits per heavy atom. The summed E-state index contributed by atoms with van der Waals surface area (Å²) in [7, 11) is 1.59. The number of benzene rings is 2. The molecule has 1 N–H and O–H groups in total. The van der Waals surface area contributed by atoms with Crippen LogP contribution in [0.2, 0.25) is 0 Å². The Kier molecular flexibility index (Phi) is 6.74. The molecule has 10 heteroatoms. The fourth-order valence-electron chi connectivity index (χ4n) is 6.33. The number of rotatable bonds is 7. The van der Waals surface area contributed by atoms with Crippen molar-refractivity contribution < 1.29 is 42.1 Å². The Hall–Kier alpha value is -3.56. The molecular formula is C30H33F2NO7. The van der Waals surface area contributed by atoms with Gasteiger partial charge in [0.25, 0.3) is 0 Å². The van der Waals surface area contributed by atoms with Gasteiger partial charge in [-0.25, -0.2) is 0 Å². The highest BCUT2D eigenvalue weighted by Crippen LogP contribution is 2.53. The van der Waals surface area contributed by atoms with E-state index in [1.165, 1.54) is 12.1 Å². The van der Waals surface area contributed by atoms with Crippen LogP contribution in [0.1, 0.15) is 69.0 Å². The molecule has 1 amide bonds. The minimum Gasteiger partial charge on any atom is -0.497 e. The molecule has 4 aliphatic rings. The summed E-state index contributed by atoms with van der Waals surface area (Å²) in [6.45, 7) is 2.20. The fourth-order valence-corrected chi connectivity index (χ4v) is 6.33. The summed E-state index contributed by atoms with van der Waals surface area (Å²) in [5.74, 6) is 1.08. The largest absolute Gasteiger partial charge is 0.586 e. The third-order valence-corrected chi connectivity index (χ3v) is 8.70. The molecule has 0 unspecified atom stereocenters. The monoisotopic (exact) mass is 557 g/mol. The average Bonchev–Trinajstić information content (AvgIpc) is 3.69. The average molecular weight is 558 g/mol. The summed E-state index contributed by atoms with van der Waals surface area (Å²) < 4.78 is 53.4.